The van der Waals surface area contributed by atoms with E-state index in [0.717, 1.165) is 36.1 Å². The zero-order valence-corrected chi connectivity index (χ0v) is 14.7. The van der Waals surface area contributed by atoms with E-state index in [9.17, 15) is 0 Å². The lowest BCUT2D eigenvalue weighted by Gasteiger charge is -2.21. The maximum atomic E-state index is 5.87. The first kappa shape index (κ1) is 17.0. The van der Waals surface area contributed by atoms with Gasteiger partial charge in [-0.25, -0.2) is 0 Å². The van der Waals surface area contributed by atoms with Crippen molar-refractivity contribution >= 4 is 27.5 Å². The molecule has 0 radical (unpaired) electrons. The highest BCUT2D eigenvalue weighted by Crippen LogP contribution is 2.22. The zero-order chi connectivity index (χ0) is 14.4. The van der Waals surface area contributed by atoms with Gasteiger partial charge in [0.15, 0.2) is 0 Å². The normalized spacial score (nSPS) is 13.2. The van der Waals surface area contributed by atoms with Crippen LogP contribution in [0.5, 0.6) is 0 Å². The summed E-state index contributed by atoms with van der Waals surface area (Å²) >= 11 is 9.55. The van der Waals surface area contributed by atoms with E-state index in [4.69, 9.17) is 11.6 Å². The third-order valence-corrected chi connectivity index (χ3v) is 4.58. The smallest absolute Gasteiger partial charge is 0.0767 e. The fourth-order valence-electron chi connectivity index (χ4n) is 2.20. The molecule has 0 aliphatic rings. The lowest BCUT2D eigenvalue weighted by molar-refractivity contribution is 0.382. The minimum atomic E-state index is 0.453. The van der Waals surface area contributed by atoms with Crippen LogP contribution in [-0.4, -0.2) is 21.7 Å². The molecule has 1 N–H and O–H groups in total. The Labute approximate surface area is 130 Å². The summed E-state index contributed by atoms with van der Waals surface area (Å²) in [5.41, 5.74) is 2.37. The topological polar surface area (TPSA) is 29.9 Å². The van der Waals surface area contributed by atoms with E-state index in [1.54, 1.807) is 0 Å². The highest BCUT2D eigenvalue weighted by atomic mass is 79.9. The van der Waals surface area contributed by atoms with Crippen LogP contribution in [0.1, 0.15) is 45.5 Å². The van der Waals surface area contributed by atoms with Crippen molar-refractivity contribution in [2.45, 2.75) is 59.7 Å². The van der Waals surface area contributed by atoms with E-state index < -0.39 is 0 Å². The second-order valence-electron chi connectivity index (χ2n) is 5.09. The van der Waals surface area contributed by atoms with Crippen LogP contribution in [-0.2, 0) is 19.5 Å². The first-order valence-corrected chi connectivity index (χ1v) is 8.41. The first-order valence-electron chi connectivity index (χ1n) is 7.08. The molecule has 1 rings (SSSR count). The molecule has 0 aromatic carbocycles. The van der Waals surface area contributed by atoms with Gasteiger partial charge in [-0.15, -0.1) is 11.6 Å². The van der Waals surface area contributed by atoms with Crippen LogP contribution in [0.2, 0.25) is 0 Å². The molecular weight excluding hydrogens is 326 g/mol. The molecule has 1 unspecified atom stereocenters. The molecule has 0 bridgehead atoms. The summed E-state index contributed by atoms with van der Waals surface area (Å²) in [5.74, 6) is 1.28. The van der Waals surface area contributed by atoms with E-state index in [0.29, 0.717) is 17.8 Å². The van der Waals surface area contributed by atoms with Crippen molar-refractivity contribution in [2.75, 3.05) is 5.88 Å². The second-order valence-corrected chi connectivity index (χ2v) is 6.26. The monoisotopic (exact) mass is 349 g/mol. The molecule has 0 spiro atoms. The molecule has 1 heterocycles. The molecule has 1 atom stereocenters. The van der Waals surface area contributed by atoms with Crippen LogP contribution in [0.3, 0.4) is 0 Å². The predicted molar refractivity (Wildman–Crippen MR) is 85.8 cm³/mol. The molecule has 1 aromatic heterocycles. The van der Waals surface area contributed by atoms with Gasteiger partial charge in [0.05, 0.1) is 15.9 Å². The van der Waals surface area contributed by atoms with Crippen molar-refractivity contribution in [3.63, 3.8) is 0 Å². The van der Waals surface area contributed by atoms with E-state index in [2.05, 4.69) is 58.7 Å². The Morgan fingerprint density at radius 2 is 2.05 bits per heavy atom. The largest absolute Gasteiger partial charge is 0.308 e. The average Bonchev–Trinajstić information content (AvgIpc) is 2.70. The summed E-state index contributed by atoms with van der Waals surface area (Å²) in [7, 11) is 0. The summed E-state index contributed by atoms with van der Waals surface area (Å²) in [6, 6.07) is 0.453. The Hall–Kier alpha value is -0.0600. The fourth-order valence-corrected chi connectivity index (χ4v) is 3.14. The van der Waals surface area contributed by atoms with E-state index >= 15 is 0 Å². The number of nitrogens with zero attached hydrogens (tertiary/aromatic N) is 2. The third-order valence-electron chi connectivity index (χ3n) is 3.45. The third kappa shape index (κ3) is 4.47. The van der Waals surface area contributed by atoms with Crippen molar-refractivity contribution in [3.05, 3.63) is 15.9 Å². The maximum Gasteiger partial charge on any atom is 0.0767 e. The molecule has 0 aliphatic carbocycles. The quantitative estimate of drug-likeness (QED) is 0.719. The van der Waals surface area contributed by atoms with E-state index in [1.807, 2.05) is 0 Å². The average molecular weight is 351 g/mol. The molecule has 19 heavy (non-hydrogen) atoms. The number of halogens is 2. The van der Waals surface area contributed by atoms with Crippen molar-refractivity contribution in [2.24, 2.45) is 5.92 Å². The lowest BCUT2D eigenvalue weighted by atomic mass is 10.0. The molecule has 3 nitrogen and oxygen atoms in total. The van der Waals surface area contributed by atoms with Crippen LogP contribution >= 0.6 is 27.5 Å². The van der Waals surface area contributed by atoms with Crippen LogP contribution in [0.15, 0.2) is 4.47 Å². The highest BCUT2D eigenvalue weighted by Gasteiger charge is 2.17. The molecule has 0 saturated carbocycles. The zero-order valence-electron chi connectivity index (χ0n) is 12.3. The number of rotatable bonds is 8. The first-order chi connectivity index (χ1) is 9.04. The van der Waals surface area contributed by atoms with Gasteiger partial charge in [0.1, 0.15) is 0 Å². The number of hydrogen-bond donors (Lipinski definition) is 1. The number of aryl methyl sites for hydroxylation is 2. The standard InChI is InChI=1S/C14H25BrClN3/c1-5-11-14(15)13(19(6-2)18-11)9-17-12(7-8-16)10(3)4/h10,12,17H,5-9H2,1-4H3. The summed E-state index contributed by atoms with van der Waals surface area (Å²) in [6.07, 6.45) is 1.95. The predicted octanol–water partition coefficient (Wildman–Crippen LogP) is 3.97. The van der Waals surface area contributed by atoms with Crippen LogP contribution in [0.25, 0.3) is 0 Å². The molecule has 0 aliphatic heterocycles. The van der Waals surface area contributed by atoms with Crippen molar-refractivity contribution < 1.29 is 0 Å². The second kappa shape index (κ2) is 8.28. The fraction of sp³-hybridized carbons (Fsp3) is 0.786. The molecule has 0 saturated heterocycles. The summed E-state index contributed by atoms with van der Waals surface area (Å²) in [5, 5.41) is 8.23. The summed E-state index contributed by atoms with van der Waals surface area (Å²) < 4.78 is 3.23. The van der Waals surface area contributed by atoms with E-state index in [1.165, 1.54) is 5.69 Å². The van der Waals surface area contributed by atoms with Gasteiger partial charge in [0.2, 0.25) is 0 Å². The highest BCUT2D eigenvalue weighted by molar-refractivity contribution is 9.10. The Kier molecular flexibility index (Phi) is 7.40. The molecule has 0 fully saturated rings. The van der Waals surface area contributed by atoms with Gasteiger partial charge in [-0.2, -0.15) is 5.10 Å². The summed E-state index contributed by atoms with van der Waals surface area (Å²) in [6.45, 7) is 10.5. The Morgan fingerprint density at radius 1 is 1.37 bits per heavy atom. The van der Waals surface area contributed by atoms with Gasteiger partial charge in [0.25, 0.3) is 0 Å². The molecular formula is C14H25BrClN3. The van der Waals surface area contributed by atoms with Crippen LogP contribution < -0.4 is 5.32 Å². The van der Waals surface area contributed by atoms with Gasteiger partial charge in [-0.3, -0.25) is 4.68 Å². The van der Waals surface area contributed by atoms with Gasteiger partial charge >= 0.3 is 0 Å². The van der Waals surface area contributed by atoms with Crippen LogP contribution in [0.4, 0.5) is 0 Å². The minimum Gasteiger partial charge on any atom is -0.308 e. The van der Waals surface area contributed by atoms with Gasteiger partial charge in [0, 0.05) is 25.0 Å². The number of hydrogen-bond acceptors (Lipinski definition) is 2. The van der Waals surface area contributed by atoms with Gasteiger partial charge in [-0.1, -0.05) is 20.8 Å². The molecule has 5 heteroatoms. The Morgan fingerprint density at radius 3 is 2.53 bits per heavy atom. The van der Waals surface area contributed by atoms with Gasteiger partial charge < -0.3 is 5.32 Å². The number of alkyl halides is 1. The van der Waals surface area contributed by atoms with Crippen molar-refractivity contribution in [1.29, 1.82) is 0 Å². The number of nitrogens with one attached hydrogen (secondary N) is 1. The molecule has 1 aromatic rings. The minimum absolute atomic E-state index is 0.453. The summed E-state index contributed by atoms with van der Waals surface area (Å²) in [4.78, 5) is 0. The molecule has 110 valence electrons. The number of aromatic nitrogens is 2. The Bertz CT molecular complexity index is 390. The maximum absolute atomic E-state index is 5.87. The van der Waals surface area contributed by atoms with Crippen molar-refractivity contribution in [3.8, 4) is 0 Å². The van der Waals surface area contributed by atoms with Gasteiger partial charge in [-0.05, 0) is 41.6 Å². The van der Waals surface area contributed by atoms with E-state index in [-0.39, 0.29) is 0 Å². The SMILES string of the molecule is CCc1nn(CC)c(CNC(CCCl)C(C)C)c1Br. The van der Waals surface area contributed by atoms with Crippen molar-refractivity contribution in [1.82, 2.24) is 15.1 Å². The Balaban J connectivity index is 2.78. The molecule has 0 amide bonds. The van der Waals surface area contributed by atoms with Crippen LogP contribution in [0, 0.1) is 5.92 Å². The lowest BCUT2D eigenvalue weighted by Crippen LogP contribution is -2.34.